The lowest BCUT2D eigenvalue weighted by molar-refractivity contribution is 0.0981. The van der Waals surface area contributed by atoms with E-state index in [1.54, 1.807) is 6.07 Å². The molecule has 0 atom stereocenters. The van der Waals surface area contributed by atoms with E-state index in [-0.39, 0.29) is 11.1 Å². The molecule has 3 rings (SSSR count). The zero-order valence-corrected chi connectivity index (χ0v) is 20.7. The molecule has 0 unspecified atom stereocenters. The van der Waals surface area contributed by atoms with Crippen molar-refractivity contribution in [3.05, 3.63) is 53.6 Å². The lowest BCUT2D eigenvalue weighted by atomic mass is 10.1. The van der Waals surface area contributed by atoms with Gasteiger partial charge in [-0.15, -0.1) is 0 Å². The molecule has 0 radical (unpaired) electrons. The molecule has 0 bridgehead atoms. The number of ketones is 2. The van der Waals surface area contributed by atoms with Crippen LogP contribution in [0.15, 0.2) is 42.5 Å². The zero-order valence-electron chi connectivity index (χ0n) is 20.7. The second-order valence-electron chi connectivity index (χ2n) is 7.43. The minimum absolute atomic E-state index is 0.299. The van der Waals surface area contributed by atoms with Crippen molar-refractivity contribution in [3.63, 3.8) is 0 Å². The third-order valence-electron chi connectivity index (χ3n) is 5.23. The molecule has 11 heteroatoms. The first-order chi connectivity index (χ1) is 17.6. The minimum Gasteiger partial charge on any atom is -0.504 e. The van der Waals surface area contributed by atoms with Gasteiger partial charge in [-0.3, -0.25) is 9.59 Å². The molecule has 0 amide bonds. The topological polar surface area (TPSA) is 177 Å². The van der Waals surface area contributed by atoms with Crippen LogP contribution < -0.4 is 14.4 Å². The summed E-state index contributed by atoms with van der Waals surface area (Å²) in [5.74, 6) is -5.37. The van der Waals surface area contributed by atoms with Crippen LogP contribution >= 0.6 is 0 Å². The Morgan fingerprint density at radius 2 is 1.03 bits per heavy atom. The number of phenolic OH excluding ortho intramolecular Hbond substituents is 6. The van der Waals surface area contributed by atoms with Gasteiger partial charge in [-0.1, -0.05) is 13.8 Å². The van der Waals surface area contributed by atoms with Gasteiger partial charge in [0.05, 0.1) is 38.4 Å². The first-order valence-corrected chi connectivity index (χ1v) is 11.1. The number of benzene rings is 3. The normalized spacial score (nSPS) is 10.2. The van der Waals surface area contributed by atoms with Gasteiger partial charge in [0, 0.05) is 23.9 Å². The molecule has 37 heavy (non-hydrogen) atoms. The molecule has 6 N–H and O–H groups in total. The summed E-state index contributed by atoms with van der Waals surface area (Å²) in [6.45, 7) is 3.01. The number of aromatic hydroxyl groups is 6. The van der Waals surface area contributed by atoms with Crippen LogP contribution in [0.2, 0.25) is 0 Å². The lowest BCUT2D eigenvalue weighted by Crippen LogP contribution is -2.35. The number of Topliss-reactive ketones (excluding diaryl/α,β-unsaturated/α-hetero) is 2. The van der Waals surface area contributed by atoms with Gasteiger partial charge in [-0.05, 0) is 24.3 Å². The van der Waals surface area contributed by atoms with Crippen molar-refractivity contribution < 1.29 is 49.7 Å². The lowest BCUT2D eigenvalue weighted by Gasteiger charge is -2.25. The van der Waals surface area contributed by atoms with E-state index >= 15 is 0 Å². The average Bonchev–Trinajstić information content (AvgIpc) is 2.90. The van der Waals surface area contributed by atoms with Crippen LogP contribution in [0.3, 0.4) is 0 Å². The van der Waals surface area contributed by atoms with Crippen LogP contribution in [0.1, 0.15) is 34.6 Å². The summed E-state index contributed by atoms with van der Waals surface area (Å²) in [5, 5.41) is 58.8. The summed E-state index contributed by atoms with van der Waals surface area (Å²) in [4.78, 5) is 27.3. The molecule has 11 nitrogen and oxygen atoms in total. The van der Waals surface area contributed by atoms with E-state index in [1.807, 2.05) is 13.8 Å². The van der Waals surface area contributed by atoms with Crippen molar-refractivity contribution in [2.24, 2.45) is 0 Å². The zero-order chi connectivity index (χ0) is 27.9. The number of ether oxygens (including phenoxy) is 2. The van der Waals surface area contributed by atoms with Gasteiger partial charge in [0.2, 0.25) is 11.5 Å². The van der Waals surface area contributed by atoms with E-state index in [4.69, 9.17) is 9.47 Å². The van der Waals surface area contributed by atoms with Crippen LogP contribution in [0.4, 0.5) is 5.69 Å². The number of rotatable bonds is 9. The third-order valence-corrected chi connectivity index (χ3v) is 5.23. The summed E-state index contributed by atoms with van der Waals surface area (Å²) in [6.07, 6.45) is 0. The number of carbonyl (C=O) groups excluding carboxylic acids is 2. The minimum atomic E-state index is -0.869. The molecule has 0 aliphatic carbocycles. The van der Waals surface area contributed by atoms with Gasteiger partial charge in [0.15, 0.2) is 34.6 Å². The van der Waals surface area contributed by atoms with Crippen LogP contribution in [0, 0.1) is 0 Å². The van der Waals surface area contributed by atoms with Crippen molar-refractivity contribution in [2.75, 3.05) is 32.2 Å². The molecule has 0 fully saturated rings. The molecule has 0 aliphatic rings. The largest absolute Gasteiger partial charge is 0.504 e. The number of carbonyl (C=O) groups is 2. The van der Waals surface area contributed by atoms with Crippen LogP contribution in [-0.2, 0) is 0 Å². The van der Waals surface area contributed by atoms with E-state index in [9.17, 15) is 40.2 Å². The number of nitrogens with zero attached hydrogens (tertiary/aromatic N) is 1. The highest BCUT2D eigenvalue weighted by atomic mass is 16.5. The molecule has 0 spiro atoms. The third kappa shape index (κ3) is 6.26. The van der Waals surface area contributed by atoms with E-state index in [0.29, 0.717) is 17.2 Å². The molecule has 0 saturated heterocycles. The number of hydrogen-bond donors (Lipinski definition) is 6. The van der Waals surface area contributed by atoms with Gasteiger partial charge in [-0.25, -0.2) is 0 Å². The summed E-state index contributed by atoms with van der Waals surface area (Å²) in [6, 6.07) is 8.90. The van der Waals surface area contributed by atoms with E-state index < -0.39 is 59.2 Å². The van der Waals surface area contributed by atoms with Gasteiger partial charge in [0.1, 0.15) is 11.5 Å². The Morgan fingerprint density at radius 3 is 1.38 bits per heavy atom. The predicted octanol–water partition coefficient (Wildman–Crippen LogP) is 3.54. The Hall–Kier alpha value is -4.80. The van der Waals surface area contributed by atoms with E-state index in [2.05, 4.69) is 0 Å². The predicted molar refractivity (Wildman–Crippen MR) is 135 cm³/mol. The number of phenols is 6. The van der Waals surface area contributed by atoms with E-state index in [1.165, 1.54) is 31.3 Å². The second-order valence-corrected chi connectivity index (χ2v) is 7.43. The molecule has 0 heterocycles. The molecule has 3 aromatic rings. The Bertz CT molecular complexity index is 1200. The van der Waals surface area contributed by atoms with Crippen molar-refractivity contribution in [2.45, 2.75) is 13.8 Å². The quantitative estimate of drug-likeness (QED) is 0.181. The fourth-order valence-electron chi connectivity index (χ4n) is 3.32. The van der Waals surface area contributed by atoms with Gasteiger partial charge in [0.25, 0.3) is 0 Å². The highest BCUT2D eigenvalue weighted by Crippen LogP contribution is 2.39. The Morgan fingerprint density at radius 1 is 0.649 bits per heavy atom. The fourth-order valence-corrected chi connectivity index (χ4v) is 3.32. The van der Waals surface area contributed by atoms with Crippen molar-refractivity contribution in [1.29, 1.82) is 0 Å². The van der Waals surface area contributed by atoms with Crippen molar-refractivity contribution in [3.8, 4) is 46.0 Å². The first kappa shape index (κ1) is 28.4. The smallest absolute Gasteiger partial charge is 0.201 e. The highest BCUT2D eigenvalue weighted by molar-refractivity contribution is 6.06. The molecule has 198 valence electrons. The maximum atomic E-state index is 13.0. The fraction of sp³-hybridized carbons (Fsp3) is 0.231. The molecule has 0 aliphatic heterocycles. The number of hydrogen-bond acceptors (Lipinski definition) is 11. The van der Waals surface area contributed by atoms with Gasteiger partial charge < -0.3 is 45.0 Å². The monoisotopic (exact) mass is 515 g/mol. The second kappa shape index (κ2) is 12.2. The standard InChI is InChI=1S/C24H23NO10.C2H6/c1-34-13-7-12(8-14(9-13)35-2)25(10-19(28)15-3-5-17(26)23(32)21(15)30)11-20(29)16-4-6-18(27)24(33)22(16)31;1-2/h3-9,26-27,30-33H,10-11H2,1-2H3;1-2H3. The molecular weight excluding hydrogens is 486 g/mol. The van der Waals surface area contributed by atoms with Gasteiger partial charge in [-0.2, -0.15) is 0 Å². The average molecular weight is 516 g/mol. The molecule has 3 aromatic carbocycles. The number of methoxy groups -OCH3 is 2. The Labute approximate surface area is 213 Å². The molecule has 0 aromatic heterocycles. The Kier molecular flexibility index (Phi) is 9.41. The molecule has 0 saturated carbocycles. The summed E-state index contributed by atoms with van der Waals surface area (Å²) in [5.41, 5.74) is -0.316. The summed E-state index contributed by atoms with van der Waals surface area (Å²) in [7, 11) is 2.82. The summed E-state index contributed by atoms with van der Waals surface area (Å²) < 4.78 is 10.5. The maximum Gasteiger partial charge on any atom is 0.201 e. The SMILES string of the molecule is CC.COc1cc(OC)cc(N(CC(=O)c2ccc(O)c(O)c2O)CC(=O)c2ccc(O)c(O)c2O)c1. The Balaban J connectivity index is 0.00000235. The number of anilines is 1. The highest BCUT2D eigenvalue weighted by Gasteiger charge is 2.25. The van der Waals surface area contributed by atoms with Crippen LogP contribution in [0.5, 0.6) is 46.0 Å². The van der Waals surface area contributed by atoms with Crippen LogP contribution in [-0.4, -0.2) is 69.5 Å². The van der Waals surface area contributed by atoms with Crippen molar-refractivity contribution >= 4 is 17.3 Å². The van der Waals surface area contributed by atoms with Crippen molar-refractivity contribution in [1.82, 2.24) is 0 Å². The molecular formula is C26H29NO10. The first-order valence-electron chi connectivity index (χ1n) is 11.1. The van der Waals surface area contributed by atoms with Gasteiger partial charge >= 0.3 is 0 Å². The maximum absolute atomic E-state index is 13.0. The summed E-state index contributed by atoms with van der Waals surface area (Å²) >= 11 is 0. The van der Waals surface area contributed by atoms with E-state index in [0.717, 1.165) is 24.3 Å². The van der Waals surface area contributed by atoms with Crippen LogP contribution in [0.25, 0.3) is 0 Å².